The van der Waals surface area contributed by atoms with E-state index in [0.29, 0.717) is 6.54 Å². The van der Waals surface area contributed by atoms with Crippen LogP contribution in [-0.4, -0.2) is 16.5 Å². The molecule has 2 rings (SSSR count). The van der Waals surface area contributed by atoms with Gasteiger partial charge in [-0.2, -0.15) is 0 Å². The van der Waals surface area contributed by atoms with Crippen LogP contribution >= 0.6 is 11.3 Å². The van der Waals surface area contributed by atoms with Gasteiger partial charge in [0.05, 0.1) is 10.7 Å². The first-order valence-electron chi connectivity index (χ1n) is 5.01. The minimum atomic E-state index is 0.665. The highest BCUT2D eigenvalue weighted by Gasteiger charge is 2.08. The number of aryl methyl sites for hydroxylation is 2. The minimum absolute atomic E-state index is 0.665. The highest BCUT2D eigenvalue weighted by Crippen LogP contribution is 2.25. The van der Waals surface area contributed by atoms with Crippen LogP contribution in [0.4, 0.5) is 0 Å². The van der Waals surface area contributed by atoms with E-state index in [9.17, 15) is 0 Å². The van der Waals surface area contributed by atoms with Crippen LogP contribution in [0.15, 0.2) is 11.4 Å². The summed E-state index contributed by atoms with van der Waals surface area (Å²) in [6.07, 6.45) is 0.868. The van der Waals surface area contributed by atoms with Gasteiger partial charge in [-0.1, -0.05) is 0 Å². The third kappa shape index (κ3) is 2.11. The number of hydrogen-bond donors (Lipinski definition) is 2. The summed E-state index contributed by atoms with van der Waals surface area (Å²) in [6, 6.07) is 2.14. The van der Waals surface area contributed by atoms with Crippen molar-refractivity contribution in [2.75, 3.05) is 6.54 Å². The fraction of sp³-hybridized carbons (Fsp3) is 0.364. The summed E-state index contributed by atoms with van der Waals surface area (Å²) in [5, 5.41) is 3.21. The van der Waals surface area contributed by atoms with Gasteiger partial charge in [-0.15, -0.1) is 11.3 Å². The molecule has 3 nitrogen and oxygen atoms in total. The Morgan fingerprint density at radius 2 is 2.27 bits per heavy atom. The normalized spacial score (nSPS) is 10.9. The number of H-pyrrole nitrogens is 1. The first-order valence-corrected chi connectivity index (χ1v) is 5.89. The average molecular weight is 221 g/mol. The molecule has 0 aliphatic rings. The smallest absolute Gasteiger partial charge is 0.0945 e. The lowest BCUT2D eigenvalue weighted by molar-refractivity contribution is 0.954. The number of nitrogens with two attached hydrogens (primary N) is 1. The topological polar surface area (TPSA) is 54.7 Å². The predicted octanol–water partition coefficient (Wildman–Crippen LogP) is 2.26. The Morgan fingerprint density at radius 1 is 1.47 bits per heavy atom. The monoisotopic (exact) mass is 221 g/mol. The van der Waals surface area contributed by atoms with Gasteiger partial charge in [0.1, 0.15) is 0 Å². The van der Waals surface area contributed by atoms with Gasteiger partial charge >= 0.3 is 0 Å². The highest BCUT2D eigenvalue weighted by atomic mass is 32.1. The first-order chi connectivity index (χ1) is 7.20. The maximum absolute atomic E-state index is 5.50. The Bertz CT molecular complexity index is 456. The molecule has 0 fully saturated rings. The van der Waals surface area contributed by atoms with Crippen molar-refractivity contribution in [2.24, 2.45) is 5.73 Å². The van der Waals surface area contributed by atoms with E-state index >= 15 is 0 Å². The van der Waals surface area contributed by atoms with E-state index < -0.39 is 0 Å². The summed E-state index contributed by atoms with van der Waals surface area (Å²) >= 11 is 1.68. The van der Waals surface area contributed by atoms with Gasteiger partial charge in [0.25, 0.3) is 0 Å². The Hall–Kier alpha value is -1.13. The molecule has 0 spiro atoms. The number of aromatic nitrogens is 2. The fourth-order valence-electron chi connectivity index (χ4n) is 1.66. The van der Waals surface area contributed by atoms with Gasteiger partial charge in [-0.3, -0.25) is 0 Å². The summed E-state index contributed by atoms with van der Waals surface area (Å²) in [4.78, 5) is 7.85. The zero-order chi connectivity index (χ0) is 10.8. The molecule has 15 heavy (non-hydrogen) atoms. The lowest BCUT2D eigenvalue weighted by atomic mass is 10.2. The molecule has 0 aliphatic carbocycles. The van der Waals surface area contributed by atoms with E-state index in [1.54, 1.807) is 11.3 Å². The molecular formula is C11H15N3S. The van der Waals surface area contributed by atoms with Gasteiger partial charge in [0.2, 0.25) is 0 Å². The van der Waals surface area contributed by atoms with Crippen molar-refractivity contribution in [3.63, 3.8) is 0 Å². The zero-order valence-corrected chi connectivity index (χ0v) is 9.82. The molecule has 0 bridgehead atoms. The average Bonchev–Trinajstić information content (AvgIpc) is 2.73. The lowest BCUT2D eigenvalue weighted by Crippen LogP contribution is -2.01. The molecule has 0 saturated heterocycles. The van der Waals surface area contributed by atoms with Gasteiger partial charge < -0.3 is 10.7 Å². The summed E-state index contributed by atoms with van der Waals surface area (Å²) in [5.74, 6) is 0. The quantitative estimate of drug-likeness (QED) is 0.835. The van der Waals surface area contributed by atoms with Crippen LogP contribution in [0.2, 0.25) is 0 Å². The van der Waals surface area contributed by atoms with E-state index in [1.165, 1.54) is 17.0 Å². The Balaban J connectivity index is 2.32. The van der Waals surface area contributed by atoms with Gasteiger partial charge in [-0.05, 0) is 26.5 Å². The molecule has 4 heteroatoms. The van der Waals surface area contributed by atoms with Crippen LogP contribution in [0.1, 0.15) is 16.4 Å². The van der Waals surface area contributed by atoms with Gasteiger partial charge in [-0.25, -0.2) is 4.98 Å². The summed E-state index contributed by atoms with van der Waals surface area (Å²) in [5.41, 5.74) is 10.1. The predicted molar refractivity (Wildman–Crippen MR) is 64.1 cm³/mol. The number of aromatic amines is 1. The van der Waals surface area contributed by atoms with E-state index in [0.717, 1.165) is 17.1 Å². The van der Waals surface area contributed by atoms with Crippen molar-refractivity contribution < 1.29 is 0 Å². The van der Waals surface area contributed by atoms with Gasteiger partial charge in [0, 0.05) is 28.8 Å². The van der Waals surface area contributed by atoms with Crippen molar-refractivity contribution in [1.29, 1.82) is 0 Å². The summed E-state index contributed by atoms with van der Waals surface area (Å²) in [6.45, 7) is 4.80. The van der Waals surface area contributed by atoms with Crippen molar-refractivity contribution in [2.45, 2.75) is 20.3 Å². The second-order valence-electron chi connectivity index (χ2n) is 3.66. The van der Waals surface area contributed by atoms with E-state index in [-0.39, 0.29) is 0 Å². The number of nitrogens with zero attached hydrogens (tertiary/aromatic N) is 1. The molecule has 0 aliphatic heterocycles. The van der Waals surface area contributed by atoms with Crippen molar-refractivity contribution in [1.82, 2.24) is 9.97 Å². The Labute approximate surface area is 93.4 Å². The minimum Gasteiger partial charge on any atom is -0.362 e. The molecule has 2 heterocycles. The third-order valence-corrected chi connectivity index (χ3v) is 3.24. The molecular weight excluding hydrogens is 206 g/mol. The second kappa shape index (κ2) is 4.16. The first kappa shape index (κ1) is 10.4. The Morgan fingerprint density at radius 3 is 2.87 bits per heavy atom. The SMILES string of the molecule is Cc1cc(-c2csc(CCN)n2)c(C)[nH]1. The molecule has 0 aromatic carbocycles. The molecule has 2 aromatic heterocycles. The fourth-order valence-corrected chi connectivity index (χ4v) is 2.48. The number of hydrogen-bond acceptors (Lipinski definition) is 3. The molecule has 0 saturated carbocycles. The van der Waals surface area contributed by atoms with Crippen molar-refractivity contribution in [3.8, 4) is 11.3 Å². The second-order valence-corrected chi connectivity index (χ2v) is 4.60. The zero-order valence-electron chi connectivity index (χ0n) is 9.00. The lowest BCUT2D eigenvalue weighted by Gasteiger charge is -1.93. The molecule has 0 unspecified atom stereocenters. The molecule has 2 aromatic rings. The van der Waals surface area contributed by atoms with E-state index in [1.807, 2.05) is 0 Å². The largest absolute Gasteiger partial charge is 0.362 e. The van der Waals surface area contributed by atoms with Crippen molar-refractivity contribution in [3.05, 3.63) is 27.8 Å². The molecule has 80 valence electrons. The standard InChI is InChI=1S/C11H15N3S/c1-7-5-9(8(2)13-7)10-6-15-11(14-10)3-4-12/h5-6,13H,3-4,12H2,1-2H3. The summed E-state index contributed by atoms with van der Waals surface area (Å²) < 4.78 is 0. The van der Waals surface area contributed by atoms with Crippen LogP contribution in [0.5, 0.6) is 0 Å². The Kier molecular flexibility index (Phi) is 2.88. The van der Waals surface area contributed by atoms with E-state index in [4.69, 9.17) is 5.73 Å². The third-order valence-electron chi connectivity index (χ3n) is 2.34. The van der Waals surface area contributed by atoms with Crippen LogP contribution < -0.4 is 5.73 Å². The number of nitrogens with one attached hydrogen (secondary N) is 1. The highest BCUT2D eigenvalue weighted by molar-refractivity contribution is 7.09. The van der Waals surface area contributed by atoms with Crippen LogP contribution in [0, 0.1) is 13.8 Å². The maximum Gasteiger partial charge on any atom is 0.0945 e. The molecule has 0 radical (unpaired) electrons. The van der Waals surface area contributed by atoms with Crippen LogP contribution in [-0.2, 0) is 6.42 Å². The maximum atomic E-state index is 5.50. The van der Waals surface area contributed by atoms with Crippen LogP contribution in [0.25, 0.3) is 11.3 Å². The number of rotatable bonds is 3. The summed E-state index contributed by atoms with van der Waals surface area (Å²) in [7, 11) is 0. The number of thiazole rings is 1. The van der Waals surface area contributed by atoms with E-state index in [2.05, 4.69) is 35.3 Å². The molecule has 0 amide bonds. The van der Waals surface area contributed by atoms with Crippen molar-refractivity contribution >= 4 is 11.3 Å². The van der Waals surface area contributed by atoms with Crippen LogP contribution in [0.3, 0.4) is 0 Å². The molecule has 0 atom stereocenters. The molecule has 3 N–H and O–H groups in total. The van der Waals surface area contributed by atoms with Gasteiger partial charge in [0.15, 0.2) is 0 Å².